The van der Waals surface area contributed by atoms with Gasteiger partial charge in [-0.05, 0) is 17.5 Å². The normalized spacial score (nSPS) is 13.3. The molecule has 1 atom stereocenters. The summed E-state index contributed by atoms with van der Waals surface area (Å²) in [6, 6.07) is 11.6. The summed E-state index contributed by atoms with van der Waals surface area (Å²) in [4.78, 5) is 0. The average molecular weight is 260 g/mol. The fourth-order valence-corrected chi connectivity index (χ4v) is 1.58. The number of hydrogen-bond donors (Lipinski definition) is 1. The minimum absolute atomic E-state index is 0.197. The third-order valence-corrected chi connectivity index (χ3v) is 3.00. The lowest BCUT2D eigenvalue weighted by Crippen LogP contribution is -2.32. The number of ether oxygens (including phenoxy) is 1. The van der Waals surface area contributed by atoms with Gasteiger partial charge in [-0.25, -0.2) is 4.68 Å². The van der Waals surface area contributed by atoms with Crippen molar-refractivity contribution >= 4 is 0 Å². The van der Waals surface area contributed by atoms with Gasteiger partial charge in [0.25, 0.3) is 0 Å². The summed E-state index contributed by atoms with van der Waals surface area (Å²) in [6.45, 7) is 6.20. The van der Waals surface area contributed by atoms with Crippen LogP contribution in [0.2, 0.25) is 0 Å². The summed E-state index contributed by atoms with van der Waals surface area (Å²) in [5.74, 6) is 0.634. The number of para-hydroxylation sites is 1. The van der Waals surface area contributed by atoms with Crippen molar-refractivity contribution < 1.29 is 9.84 Å². The van der Waals surface area contributed by atoms with Gasteiger partial charge in [0.15, 0.2) is 0 Å². The van der Waals surface area contributed by atoms with Crippen molar-refractivity contribution in [3.8, 4) is 11.6 Å². The van der Waals surface area contributed by atoms with Crippen LogP contribution in [0, 0.1) is 5.41 Å². The van der Waals surface area contributed by atoms with Crippen LogP contribution < -0.4 is 4.74 Å². The fraction of sp³-hybridized carbons (Fsp3) is 0.400. The maximum Gasteiger partial charge on any atom is 0.216 e. The predicted molar refractivity (Wildman–Crippen MR) is 74.5 cm³/mol. The molecule has 0 bridgehead atoms. The Kier molecular flexibility index (Phi) is 3.90. The molecule has 4 heteroatoms. The van der Waals surface area contributed by atoms with Crippen LogP contribution in [-0.2, 0) is 0 Å². The molecule has 4 nitrogen and oxygen atoms in total. The highest BCUT2D eigenvalue weighted by molar-refractivity contribution is 5.34. The maximum atomic E-state index is 9.99. The van der Waals surface area contributed by atoms with Crippen LogP contribution in [0.5, 0.6) is 5.88 Å². The van der Waals surface area contributed by atoms with E-state index in [1.54, 1.807) is 16.9 Å². The molecule has 0 unspecified atom stereocenters. The van der Waals surface area contributed by atoms with Gasteiger partial charge in [-0.3, -0.25) is 0 Å². The first kappa shape index (κ1) is 13.6. The van der Waals surface area contributed by atoms with E-state index < -0.39 is 6.10 Å². The molecule has 0 amide bonds. The lowest BCUT2D eigenvalue weighted by Gasteiger charge is -2.25. The Hall–Kier alpha value is -1.81. The van der Waals surface area contributed by atoms with Crippen molar-refractivity contribution in [1.82, 2.24) is 9.78 Å². The Morgan fingerprint density at radius 1 is 1.21 bits per heavy atom. The molecule has 2 aromatic rings. The minimum Gasteiger partial charge on any atom is -0.475 e. The van der Waals surface area contributed by atoms with E-state index in [2.05, 4.69) is 5.10 Å². The van der Waals surface area contributed by atoms with Crippen molar-refractivity contribution in [2.45, 2.75) is 26.9 Å². The number of hydrogen-bond acceptors (Lipinski definition) is 3. The second-order valence-corrected chi connectivity index (χ2v) is 5.61. The van der Waals surface area contributed by atoms with Crippen LogP contribution in [0.25, 0.3) is 5.69 Å². The number of aliphatic hydroxyl groups excluding tert-OH is 1. The van der Waals surface area contributed by atoms with Crippen LogP contribution in [0.3, 0.4) is 0 Å². The Labute approximate surface area is 113 Å². The largest absolute Gasteiger partial charge is 0.475 e. The molecule has 0 aliphatic heterocycles. The van der Waals surface area contributed by atoms with E-state index in [0.29, 0.717) is 5.88 Å². The summed E-state index contributed by atoms with van der Waals surface area (Å²) in [5.41, 5.74) is 0.741. The van der Waals surface area contributed by atoms with Gasteiger partial charge in [-0.2, -0.15) is 5.10 Å². The summed E-state index contributed by atoms with van der Waals surface area (Å²) in [6.07, 6.45) is 1.16. The molecular formula is C15H20N2O2. The fourth-order valence-electron chi connectivity index (χ4n) is 1.58. The van der Waals surface area contributed by atoms with Crippen molar-refractivity contribution in [3.05, 3.63) is 42.6 Å². The van der Waals surface area contributed by atoms with E-state index in [4.69, 9.17) is 4.74 Å². The standard InChI is InChI=1S/C15H20N2O2/c1-15(2,3)13(18)11-19-14-9-10-16-17(14)12-7-5-4-6-8-12/h4-10,13,18H,11H2,1-3H3/t13-/m1/s1. The van der Waals surface area contributed by atoms with Gasteiger partial charge in [0.05, 0.1) is 18.0 Å². The zero-order valence-electron chi connectivity index (χ0n) is 11.6. The van der Waals surface area contributed by atoms with Crippen LogP contribution in [0.15, 0.2) is 42.6 Å². The minimum atomic E-state index is -0.522. The number of benzene rings is 1. The van der Waals surface area contributed by atoms with E-state index in [9.17, 15) is 5.11 Å². The first-order valence-corrected chi connectivity index (χ1v) is 6.39. The number of aliphatic hydroxyl groups is 1. The predicted octanol–water partition coefficient (Wildman–Crippen LogP) is 2.66. The summed E-state index contributed by atoms with van der Waals surface area (Å²) < 4.78 is 7.39. The molecule has 2 rings (SSSR count). The van der Waals surface area contributed by atoms with Crippen molar-refractivity contribution in [2.75, 3.05) is 6.61 Å². The van der Waals surface area contributed by atoms with E-state index in [1.165, 1.54) is 0 Å². The Bertz CT molecular complexity index is 514. The molecule has 1 aromatic heterocycles. The quantitative estimate of drug-likeness (QED) is 0.919. The lowest BCUT2D eigenvalue weighted by atomic mass is 9.90. The molecule has 1 N–H and O–H groups in total. The van der Waals surface area contributed by atoms with Crippen LogP contribution in [0.1, 0.15) is 20.8 Å². The smallest absolute Gasteiger partial charge is 0.216 e. The zero-order chi connectivity index (χ0) is 13.9. The molecular weight excluding hydrogens is 240 g/mol. The van der Waals surface area contributed by atoms with Gasteiger partial charge >= 0.3 is 0 Å². The Balaban J connectivity index is 2.09. The van der Waals surface area contributed by atoms with Gasteiger partial charge in [-0.1, -0.05) is 39.0 Å². The number of rotatable bonds is 4. The van der Waals surface area contributed by atoms with E-state index in [-0.39, 0.29) is 12.0 Å². The molecule has 0 radical (unpaired) electrons. The van der Waals surface area contributed by atoms with E-state index >= 15 is 0 Å². The summed E-state index contributed by atoms with van der Waals surface area (Å²) in [5, 5.41) is 14.2. The molecule has 0 aliphatic rings. The van der Waals surface area contributed by atoms with E-state index in [1.807, 2.05) is 51.1 Å². The molecule has 0 aliphatic carbocycles. The van der Waals surface area contributed by atoms with E-state index in [0.717, 1.165) is 5.69 Å². The van der Waals surface area contributed by atoms with Gasteiger partial charge in [-0.15, -0.1) is 0 Å². The third kappa shape index (κ3) is 3.35. The Morgan fingerprint density at radius 3 is 2.53 bits per heavy atom. The average Bonchev–Trinajstić information content (AvgIpc) is 2.84. The first-order chi connectivity index (χ1) is 8.98. The van der Waals surface area contributed by atoms with Gasteiger partial charge in [0, 0.05) is 6.07 Å². The maximum absolute atomic E-state index is 9.99. The van der Waals surface area contributed by atoms with Gasteiger partial charge < -0.3 is 9.84 Å². The molecule has 0 fully saturated rings. The molecule has 19 heavy (non-hydrogen) atoms. The van der Waals surface area contributed by atoms with Crippen molar-refractivity contribution in [1.29, 1.82) is 0 Å². The summed E-state index contributed by atoms with van der Waals surface area (Å²) in [7, 11) is 0. The second kappa shape index (κ2) is 5.45. The number of nitrogens with zero attached hydrogens (tertiary/aromatic N) is 2. The SMILES string of the molecule is CC(C)(C)[C@H](O)COc1ccnn1-c1ccccc1. The molecule has 0 saturated carbocycles. The topological polar surface area (TPSA) is 47.3 Å². The zero-order valence-corrected chi connectivity index (χ0v) is 11.6. The molecule has 0 spiro atoms. The van der Waals surface area contributed by atoms with Crippen LogP contribution >= 0.6 is 0 Å². The molecule has 1 heterocycles. The monoisotopic (exact) mass is 260 g/mol. The lowest BCUT2D eigenvalue weighted by molar-refractivity contribution is 0.0197. The Morgan fingerprint density at radius 2 is 1.89 bits per heavy atom. The van der Waals surface area contributed by atoms with Gasteiger partial charge in [0.2, 0.25) is 5.88 Å². The number of aromatic nitrogens is 2. The van der Waals surface area contributed by atoms with Crippen LogP contribution in [-0.4, -0.2) is 27.6 Å². The highest BCUT2D eigenvalue weighted by atomic mass is 16.5. The van der Waals surface area contributed by atoms with Crippen molar-refractivity contribution in [2.24, 2.45) is 5.41 Å². The summed E-state index contributed by atoms with van der Waals surface area (Å²) >= 11 is 0. The first-order valence-electron chi connectivity index (χ1n) is 6.39. The van der Waals surface area contributed by atoms with Crippen LogP contribution in [0.4, 0.5) is 0 Å². The molecule has 102 valence electrons. The van der Waals surface area contributed by atoms with Gasteiger partial charge in [0.1, 0.15) is 6.61 Å². The van der Waals surface area contributed by atoms with Crippen molar-refractivity contribution in [3.63, 3.8) is 0 Å². The molecule has 0 saturated heterocycles. The third-order valence-electron chi connectivity index (χ3n) is 3.00. The molecule has 1 aromatic carbocycles. The highest BCUT2D eigenvalue weighted by Crippen LogP contribution is 2.21. The second-order valence-electron chi connectivity index (χ2n) is 5.61. The highest BCUT2D eigenvalue weighted by Gasteiger charge is 2.23.